The number of piperidine rings is 1. The predicted octanol–water partition coefficient (Wildman–Crippen LogP) is 3.26. The Morgan fingerprint density at radius 2 is 1.77 bits per heavy atom. The van der Waals surface area contributed by atoms with E-state index in [2.05, 4.69) is 34.7 Å². The molecule has 2 rings (SSSR count). The topological polar surface area (TPSA) is 114 Å². The summed E-state index contributed by atoms with van der Waals surface area (Å²) in [5.74, 6) is -0.223. The highest BCUT2D eigenvalue weighted by Gasteiger charge is 2.21. The maximum Gasteiger partial charge on any atom is 0.408 e. The average Bonchev–Trinajstić information content (AvgIpc) is 2.76. The maximum absolute atomic E-state index is 12.4. The minimum absolute atomic E-state index is 0.217. The van der Waals surface area contributed by atoms with Crippen molar-refractivity contribution in [1.82, 2.24) is 15.5 Å². The number of primary amides is 1. The number of carbonyl (C=O) groups excluding carboxylic acids is 3. The summed E-state index contributed by atoms with van der Waals surface area (Å²) in [6.45, 7) is 9.44. The number of nitrogens with zero attached hydrogens (tertiary/aromatic N) is 1. The number of hydrogen-bond donors (Lipinski definition) is 3. The zero-order valence-corrected chi connectivity index (χ0v) is 21.8. The molecule has 0 aliphatic carbocycles. The summed E-state index contributed by atoms with van der Waals surface area (Å²) in [5.41, 5.74) is 7.28. The van der Waals surface area contributed by atoms with Crippen molar-refractivity contribution >= 4 is 17.9 Å². The lowest BCUT2D eigenvalue weighted by molar-refractivity contribution is -0.127. The number of benzene rings is 1. The second kappa shape index (κ2) is 13.3. The number of nitrogens with one attached hydrogen (secondary N) is 2. The van der Waals surface area contributed by atoms with E-state index in [0.29, 0.717) is 18.8 Å². The quantitative estimate of drug-likeness (QED) is 0.439. The van der Waals surface area contributed by atoms with Gasteiger partial charge in [-0.05, 0) is 84.1 Å². The largest absolute Gasteiger partial charge is 0.444 e. The normalized spacial score (nSPS) is 17.1. The Morgan fingerprint density at radius 1 is 1.14 bits per heavy atom. The fraction of sp³-hybridized carbons (Fsp3) is 0.593. The van der Waals surface area contributed by atoms with E-state index in [0.717, 1.165) is 31.5 Å². The maximum atomic E-state index is 12.4. The highest BCUT2D eigenvalue weighted by molar-refractivity contribution is 5.86. The van der Waals surface area contributed by atoms with Crippen molar-refractivity contribution in [2.24, 2.45) is 5.73 Å². The average molecular weight is 487 g/mol. The monoisotopic (exact) mass is 486 g/mol. The van der Waals surface area contributed by atoms with Gasteiger partial charge in [-0.2, -0.15) is 0 Å². The van der Waals surface area contributed by atoms with Gasteiger partial charge in [-0.3, -0.25) is 9.59 Å². The molecule has 1 saturated heterocycles. The van der Waals surface area contributed by atoms with E-state index >= 15 is 0 Å². The molecule has 1 fully saturated rings. The molecule has 8 heteroatoms. The van der Waals surface area contributed by atoms with Crippen LogP contribution in [-0.4, -0.2) is 60.6 Å². The van der Waals surface area contributed by atoms with E-state index in [1.165, 1.54) is 5.56 Å². The fourth-order valence-electron chi connectivity index (χ4n) is 4.05. The van der Waals surface area contributed by atoms with Gasteiger partial charge in [0, 0.05) is 18.9 Å². The lowest BCUT2D eigenvalue weighted by Crippen LogP contribution is -2.45. The SMILES string of the molecule is C[C@@H](/C=C\CCC(=O)NC(Cc1ccc(C2CCN(C)CC2)cc1)C(N)=O)NC(=O)OC(C)(C)C. The van der Waals surface area contributed by atoms with E-state index in [1.807, 2.05) is 25.1 Å². The van der Waals surface area contributed by atoms with Crippen molar-refractivity contribution in [3.05, 3.63) is 47.5 Å². The molecule has 2 atom stereocenters. The summed E-state index contributed by atoms with van der Waals surface area (Å²) in [7, 11) is 2.15. The van der Waals surface area contributed by atoms with E-state index < -0.39 is 23.6 Å². The van der Waals surface area contributed by atoms with Crippen LogP contribution in [0.1, 0.15) is 70.4 Å². The summed E-state index contributed by atoms with van der Waals surface area (Å²) in [5, 5.41) is 5.47. The van der Waals surface area contributed by atoms with Crippen molar-refractivity contribution in [1.29, 1.82) is 0 Å². The molecular formula is C27H42N4O4. The second-order valence-corrected chi connectivity index (χ2v) is 10.4. The van der Waals surface area contributed by atoms with Gasteiger partial charge < -0.3 is 26.0 Å². The molecule has 0 saturated carbocycles. The number of alkyl carbamates (subject to hydrolysis) is 1. The third-order valence-corrected chi connectivity index (χ3v) is 6.00. The van der Waals surface area contributed by atoms with Gasteiger partial charge in [-0.1, -0.05) is 36.4 Å². The number of allylic oxidation sites excluding steroid dienone is 1. The summed E-state index contributed by atoms with van der Waals surface area (Å²) in [6, 6.07) is 7.32. The molecule has 1 aliphatic rings. The molecule has 1 aromatic rings. The van der Waals surface area contributed by atoms with E-state index in [9.17, 15) is 14.4 Å². The summed E-state index contributed by atoms with van der Waals surface area (Å²) >= 11 is 0. The Balaban J connectivity index is 1.78. The minimum Gasteiger partial charge on any atom is -0.444 e. The zero-order valence-electron chi connectivity index (χ0n) is 21.8. The number of nitrogens with two attached hydrogens (primary N) is 1. The number of carbonyl (C=O) groups is 3. The number of hydrogen-bond acceptors (Lipinski definition) is 5. The van der Waals surface area contributed by atoms with Gasteiger partial charge in [0.1, 0.15) is 11.6 Å². The number of likely N-dealkylation sites (tertiary alicyclic amines) is 1. The van der Waals surface area contributed by atoms with Gasteiger partial charge in [-0.15, -0.1) is 0 Å². The lowest BCUT2D eigenvalue weighted by atomic mass is 9.89. The van der Waals surface area contributed by atoms with Gasteiger partial charge in [0.15, 0.2) is 0 Å². The molecule has 0 bridgehead atoms. The molecule has 0 radical (unpaired) electrons. The summed E-state index contributed by atoms with van der Waals surface area (Å²) < 4.78 is 5.22. The van der Waals surface area contributed by atoms with Crippen LogP contribution in [0.5, 0.6) is 0 Å². The van der Waals surface area contributed by atoms with Crippen LogP contribution in [0.25, 0.3) is 0 Å². The van der Waals surface area contributed by atoms with Gasteiger partial charge in [-0.25, -0.2) is 4.79 Å². The Hall–Kier alpha value is -2.87. The smallest absolute Gasteiger partial charge is 0.408 e. The third-order valence-electron chi connectivity index (χ3n) is 6.00. The van der Waals surface area contributed by atoms with E-state index in [4.69, 9.17) is 10.5 Å². The van der Waals surface area contributed by atoms with Crippen LogP contribution in [0.3, 0.4) is 0 Å². The number of amides is 3. The predicted molar refractivity (Wildman–Crippen MR) is 138 cm³/mol. The first kappa shape index (κ1) is 28.4. The van der Waals surface area contributed by atoms with Crippen molar-refractivity contribution in [3.63, 3.8) is 0 Å². The van der Waals surface area contributed by atoms with Crippen LogP contribution < -0.4 is 16.4 Å². The van der Waals surface area contributed by atoms with Crippen LogP contribution in [0.15, 0.2) is 36.4 Å². The van der Waals surface area contributed by atoms with Gasteiger partial charge >= 0.3 is 6.09 Å². The molecule has 4 N–H and O–H groups in total. The molecule has 0 spiro atoms. The first-order valence-corrected chi connectivity index (χ1v) is 12.4. The second-order valence-electron chi connectivity index (χ2n) is 10.4. The molecule has 3 amide bonds. The van der Waals surface area contributed by atoms with Crippen LogP contribution in [0.2, 0.25) is 0 Å². The molecule has 35 heavy (non-hydrogen) atoms. The Kier molecular flexibility index (Phi) is 10.8. The van der Waals surface area contributed by atoms with Crippen molar-refractivity contribution in [2.75, 3.05) is 20.1 Å². The van der Waals surface area contributed by atoms with Crippen molar-refractivity contribution < 1.29 is 19.1 Å². The Bertz CT molecular complexity index is 868. The Morgan fingerprint density at radius 3 is 2.34 bits per heavy atom. The highest BCUT2D eigenvalue weighted by atomic mass is 16.6. The van der Waals surface area contributed by atoms with Crippen molar-refractivity contribution in [2.45, 2.75) is 83.4 Å². The highest BCUT2D eigenvalue weighted by Crippen LogP contribution is 2.27. The molecule has 1 heterocycles. The van der Waals surface area contributed by atoms with E-state index in [1.54, 1.807) is 26.8 Å². The number of ether oxygens (including phenoxy) is 1. The van der Waals surface area contributed by atoms with Crippen LogP contribution >= 0.6 is 0 Å². The molecule has 0 aromatic heterocycles. The summed E-state index contributed by atoms with van der Waals surface area (Å²) in [6.07, 6.45) is 6.49. The first-order chi connectivity index (χ1) is 16.4. The summed E-state index contributed by atoms with van der Waals surface area (Å²) in [4.78, 5) is 38.4. The fourth-order valence-corrected chi connectivity index (χ4v) is 4.05. The van der Waals surface area contributed by atoms with Crippen molar-refractivity contribution in [3.8, 4) is 0 Å². The number of rotatable bonds is 10. The van der Waals surface area contributed by atoms with Crippen LogP contribution in [0.4, 0.5) is 4.79 Å². The molecular weight excluding hydrogens is 444 g/mol. The van der Waals surface area contributed by atoms with E-state index in [-0.39, 0.29) is 18.4 Å². The zero-order chi connectivity index (χ0) is 26.0. The van der Waals surface area contributed by atoms with Crippen LogP contribution in [0, 0.1) is 0 Å². The van der Waals surface area contributed by atoms with Gasteiger partial charge in [0.2, 0.25) is 11.8 Å². The van der Waals surface area contributed by atoms with Gasteiger partial charge in [0.25, 0.3) is 0 Å². The standard InChI is InChI=1S/C27H42N4O4/c1-19(29-26(34)35-27(2,3)4)8-6-7-9-24(32)30-23(25(28)33)18-20-10-12-21(13-11-20)22-14-16-31(5)17-15-22/h6,8,10-13,19,22-23H,7,9,14-18H2,1-5H3,(H2,28,33)(H,29,34)(H,30,32)/b8-6-/t19-,23?/m0/s1. The van der Waals surface area contributed by atoms with Crippen LogP contribution in [-0.2, 0) is 20.7 Å². The first-order valence-electron chi connectivity index (χ1n) is 12.4. The lowest BCUT2D eigenvalue weighted by Gasteiger charge is -2.29. The molecule has 1 unspecified atom stereocenters. The third kappa shape index (κ3) is 10.9. The molecule has 1 aliphatic heterocycles. The van der Waals surface area contributed by atoms with Gasteiger partial charge in [0.05, 0.1) is 0 Å². The molecule has 1 aromatic carbocycles. The molecule has 8 nitrogen and oxygen atoms in total. The minimum atomic E-state index is -0.756. The molecule has 194 valence electrons. The Labute approximate surface area is 209 Å².